The normalized spacial score (nSPS) is 13.5. The number of nitrogens with zero attached hydrogens (tertiary/aromatic N) is 4. The van der Waals surface area contributed by atoms with Gasteiger partial charge in [-0.1, -0.05) is 5.21 Å². The lowest BCUT2D eigenvalue weighted by atomic mass is 10.4. The zero-order chi connectivity index (χ0) is 15.0. The summed E-state index contributed by atoms with van der Waals surface area (Å²) in [4.78, 5) is 0. The molecule has 0 fully saturated rings. The number of halogens is 4. The minimum Gasteiger partial charge on any atom is -0.235 e. The SMILES string of the molecule is CC(C)N(CC(F)(F)F)S(=O)(=O)c1c(Br)nnn1C. The molecule has 19 heavy (non-hydrogen) atoms. The number of aromatic nitrogens is 3. The number of hydrogen-bond donors (Lipinski definition) is 0. The second-order valence-electron chi connectivity index (χ2n) is 4.07. The van der Waals surface area contributed by atoms with Crippen LogP contribution in [-0.4, -0.2) is 46.5 Å². The first-order valence-corrected chi connectivity index (χ1v) is 7.34. The highest BCUT2D eigenvalue weighted by Gasteiger charge is 2.40. The molecular weight excluding hydrogens is 353 g/mol. The highest BCUT2D eigenvalue weighted by molar-refractivity contribution is 9.10. The van der Waals surface area contributed by atoms with Gasteiger partial charge in [0.25, 0.3) is 10.0 Å². The number of alkyl halides is 3. The van der Waals surface area contributed by atoms with Gasteiger partial charge in [-0.3, -0.25) is 0 Å². The fraction of sp³-hybridized carbons (Fsp3) is 0.750. The Balaban J connectivity index is 3.30. The summed E-state index contributed by atoms with van der Waals surface area (Å²) in [5, 5.41) is 6.50. The molecule has 0 radical (unpaired) electrons. The van der Waals surface area contributed by atoms with Gasteiger partial charge in [0.05, 0.1) is 0 Å². The Kier molecular flexibility index (Phi) is 4.62. The molecule has 0 aliphatic heterocycles. The minimum absolute atomic E-state index is 0.122. The second kappa shape index (κ2) is 5.37. The average Bonchev–Trinajstić information content (AvgIpc) is 2.53. The van der Waals surface area contributed by atoms with Gasteiger partial charge in [-0.15, -0.1) is 5.10 Å². The van der Waals surface area contributed by atoms with Gasteiger partial charge < -0.3 is 0 Å². The van der Waals surface area contributed by atoms with E-state index >= 15 is 0 Å². The van der Waals surface area contributed by atoms with Crippen LogP contribution in [0.1, 0.15) is 13.8 Å². The maximum atomic E-state index is 12.5. The molecule has 0 aliphatic rings. The van der Waals surface area contributed by atoms with E-state index in [4.69, 9.17) is 0 Å². The Morgan fingerprint density at radius 1 is 1.42 bits per heavy atom. The summed E-state index contributed by atoms with van der Waals surface area (Å²) in [5.74, 6) is 0. The molecule has 0 atom stereocenters. The van der Waals surface area contributed by atoms with Crippen molar-refractivity contribution in [2.75, 3.05) is 6.54 Å². The zero-order valence-corrected chi connectivity index (χ0v) is 12.7. The lowest BCUT2D eigenvalue weighted by molar-refractivity contribution is -0.138. The second-order valence-corrected chi connectivity index (χ2v) is 6.63. The van der Waals surface area contributed by atoms with Gasteiger partial charge in [0, 0.05) is 13.1 Å². The van der Waals surface area contributed by atoms with Crippen molar-refractivity contribution in [2.24, 2.45) is 7.05 Å². The molecule has 110 valence electrons. The quantitative estimate of drug-likeness (QED) is 0.812. The average molecular weight is 365 g/mol. The first kappa shape index (κ1) is 16.4. The molecule has 1 aromatic rings. The molecule has 0 bridgehead atoms. The van der Waals surface area contributed by atoms with Crippen LogP contribution in [-0.2, 0) is 17.1 Å². The fourth-order valence-corrected chi connectivity index (χ4v) is 4.09. The summed E-state index contributed by atoms with van der Waals surface area (Å²) in [6.07, 6.45) is -4.63. The molecule has 0 aliphatic carbocycles. The minimum atomic E-state index is -4.63. The van der Waals surface area contributed by atoms with E-state index in [2.05, 4.69) is 26.2 Å². The molecule has 0 saturated carbocycles. The highest BCUT2D eigenvalue weighted by atomic mass is 79.9. The van der Waals surface area contributed by atoms with Crippen LogP contribution in [0, 0.1) is 0 Å². The number of sulfonamides is 1. The first-order valence-electron chi connectivity index (χ1n) is 5.10. The van der Waals surface area contributed by atoms with Crippen molar-refractivity contribution in [3.8, 4) is 0 Å². The van der Waals surface area contributed by atoms with Gasteiger partial charge in [0.2, 0.25) is 5.03 Å². The van der Waals surface area contributed by atoms with Crippen molar-refractivity contribution < 1.29 is 21.6 Å². The lowest BCUT2D eigenvalue weighted by Gasteiger charge is -2.26. The third-order valence-corrected chi connectivity index (χ3v) is 5.11. The summed E-state index contributed by atoms with van der Waals surface area (Å²) in [6, 6.07) is -0.853. The van der Waals surface area contributed by atoms with Gasteiger partial charge >= 0.3 is 6.18 Å². The highest BCUT2D eigenvalue weighted by Crippen LogP contribution is 2.27. The van der Waals surface area contributed by atoms with Crippen LogP contribution in [0.15, 0.2) is 9.63 Å². The predicted molar refractivity (Wildman–Crippen MR) is 63.8 cm³/mol. The van der Waals surface area contributed by atoms with Gasteiger partial charge in [-0.2, -0.15) is 17.5 Å². The Bertz CT molecular complexity index is 535. The number of hydrogen-bond acceptors (Lipinski definition) is 4. The Hall–Kier alpha value is -0.680. The summed E-state index contributed by atoms with van der Waals surface area (Å²) >= 11 is 2.87. The third kappa shape index (κ3) is 3.66. The maximum absolute atomic E-state index is 12.5. The Morgan fingerprint density at radius 3 is 2.26 bits per heavy atom. The van der Waals surface area contributed by atoms with E-state index in [0.717, 1.165) is 4.68 Å². The van der Waals surface area contributed by atoms with Crippen molar-refractivity contribution in [3.05, 3.63) is 4.60 Å². The van der Waals surface area contributed by atoms with Gasteiger partial charge in [-0.05, 0) is 29.8 Å². The van der Waals surface area contributed by atoms with Gasteiger partial charge in [0.1, 0.15) is 6.54 Å². The van der Waals surface area contributed by atoms with Crippen LogP contribution in [0.4, 0.5) is 13.2 Å². The van der Waals surface area contributed by atoms with Gasteiger partial charge in [-0.25, -0.2) is 13.1 Å². The van der Waals surface area contributed by atoms with Crippen molar-refractivity contribution >= 4 is 26.0 Å². The van der Waals surface area contributed by atoms with E-state index < -0.39 is 33.8 Å². The summed E-state index contributed by atoms with van der Waals surface area (Å²) in [6.45, 7) is 1.16. The molecule has 6 nitrogen and oxygen atoms in total. The molecule has 1 aromatic heterocycles. The predicted octanol–water partition coefficient (Wildman–Crippen LogP) is 1.54. The van der Waals surface area contributed by atoms with Gasteiger partial charge in [0.15, 0.2) is 4.60 Å². The van der Waals surface area contributed by atoms with E-state index in [1.807, 2.05) is 0 Å². The topological polar surface area (TPSA) is 68.1 Å². The van der Waals surface area contributed by atoms with Crippen LogP contribution >= 0.6 is 15.9 Å². The fourth-order valence-electron chi connectivity index (χ4n) is 1.43. The van der Waals surface area contributed by atoms with E-state index in [0.29, 0.717) is 4.31 Å². The molecule has 1 heterocycles. The summed E-state index contributed by atoms with van der Waals surface area (Å²) < 4.78 is 63.1. The lowest BCUT2D eigenvalue weighted by Crippen LogP contribution is -2.43. The van der Waals surface area contributed by atoms with Crippen molar-refractivity contribution in [1.82, 2.24) is 19.3 Å². The van der Waals surface area contributed by atoms with Crippen LogP contribution in [0.25, 0.3) is 0 Å². The number of aryl methyl sites for hydroxylation is 1. The standard InChI is InChI=1S/C8H12BrF3N4O2S/c1-5(2)16(4-8(10,11)12)19(17,18)7-6(9)13-14-15(7)3/h5H,4H2,1-3H3. The largest absolute Gasteiger partial charge is 0.402 e. The summed E-state index contributed by atoms with van der Waals surface area (Å²) in [5.41, 5.74) is 0. The van der Waals surface area contributed by atoms with Crippen molar-refractivity contribution in [2.45, 2.75) is 31.1 Å². The van der Waals surface area contributed by atoms with Crippen LogP contribution in [0.5, 0.6) is 0 Å². The molecule has 0 unspecified atom stereocenters. The van der Waals surface area contributed by atoms with Crippen LogP contribution in [0.2, 0.25) is 0 Å². The van der Waals surface area contributed by atoms with E-state index in [1.165, 1.54) is 20.9 Å². The molecule has 11 heteroatoms. The van der Waals surface area contributed by atoms with E-state index in [1.54, 1.807) is 0 Å². The van der Waals surface area contributed by atoms with Crippen molar-refractivity contribution in [1.29, 1.82) is 0 Å². The van der Waals surface area contributed by atoms with Crippen LogP contribution < -0.4 is 0 Å². The zero-order valence-electron chi connectivity index (χ0n) is 10.3. The molecule has 1 rings (SSSR count). The van der Waals surface area contributed by atoms with E-state index in [9.17, 15) is 21.6 Å². The van der Waals surface area contributed by atoms with Crippen molar-refractivity contribution in [3.63, 3.8) is 0 Å². The van der Waals surface area contributed by atoms with E-state index in [-0.39, 0.29) is 4.60 Å². The monoisotopic (exact) mass is 364 g/mol. The number of rotatable bonds is 4. The Morgan fingerprint density at radius 2 is 1.95 bits per heavy atom. The maximum Gasteiger partial charge on any atom is 0.402 e. The smallest absolute Gasteiger partial charge is 0.235 e. The molecule has 0 saturated heterocycles. The molecule has 0 N–H and O–H groups in total. The molecule has 0 aromatic carbocycles. The molecular formula is C8H12BrF3N4O2S. The summed E-state index contributed by atoms with van der Waals surface area (Å²) in [7, 11) is -3.06. The molecule has 0 amide bonds. The first-order chi connectivity index (χ1) is 8.47. The van der Waals surface area contributed by atoms with Crippen LogP contribution in [0.3, 0.4) is 0 Å². The third-order valence-electron chi connectivity index (χ3n) is 2.20. The Labute approximate surface area is 116 Å². The molecule has 0 spiro atoms.